The van der Waals surface area contributed by atoms with Gasteiger partial charge in [0, 0.05) is 17.6 Å². The fraction of sp³-hybridized carbons (Fsp3) is 0.250. The Hall–Kier alpha value is -4.00. The zero-order chi connectivity index (χ0) is 25.2. The second-order valence-electron chi connectivity index (χ2n) is 10.6. The van der Waals surface area contributed by atoms with E-state index in [-0.39, 0.29) is 17.8 Å². The Balaban J connectivity index is 1.30. The normalized spacial score (nSPS) is 20.5. The van der Waals surface area contributed by atoms with Crippen molar-refractivity contribution in [2.24, 2.45) is 0 Å². The van der Waals surface area contributed by atoms with E-state index < -0.39 is 0 Å². The highest BCUT2D eigenvalue weighted by Gasteiger charge is 2.32. The van der Waals surface area contributed by atoms with Gasteiger partial charge in [-0.1, -0.05) is 30.3 Å². The molecule has 4 aromatic carbocycles. The molecule has 0 aliphatic carbocycles. The molecule has 0 amide bonds. The van der Waals surface area contributed by atoms with E-state index in [1.807, 2.05) is 30.3 Å². The third-order valence-corrected chi connectivity index (χ3v) is 8.28. The maximum Gasteiger partial charge on any atom is 0.175 e. The number of hydrogen-bond donors (Lipinski definition) is 3. The molecule has 0 aromatic heterocycles. The predicted octanol–water partition coefficient (Wildman–Crippen LogP) is 6.25. The Bertz CT molecular complexity index is 1580. The van der Waals surface area contributed by atoms with Gasteiger partial charge >= 0.3 is 0 Å². The molecule has 190 valence electrons. The van der Waals surface area contributed by atoms with E-state index in [4.69, 9.17) is 14.2 Å². The van der Waals surface area contributed by atoms with E-state index in [0.29, 0.717) is 17.9 Å². The van der Waals surface area contributed by atoms with Crippen LogP contribution in [0.1, 0.15) is 45.5 Å². The minimum Gasteiger partial charge on any atom is -0.504 e. The van der Waals surface area contributed by atoms with Crippen LogP contribution in [0.3, 0.4) is 0 Å². The van der Waals surface area contributed by atoms with Crippen LogP contribution < -0.4 is 24.8 Å². The number of fused-ring (bicyclic) bond motifs is 2. The van der Waals surface area contributed by atoms with Gasteiger partial charge in [0.25, 0.3) is 0 Å². The molecule has 5 aliphatic rings. The summed E-state index contributed by atoms with van der Waals surface area (Å²) < 4.78 is 19.3. The molecule has 2 unspecified atom stereocenters. The van der Waals surface area contributed by atoms with Gasteiger partial charge in [-0.15, -0.1) is 0 Å². The number of nitrogens with one attached hydrogen (secondary N) is 2. The van der Waals surface area contributed by atoms with Crippen LogP contribution in [-0.4, -0.2) is 18.2 Å². The minimum atomic E-state index is 0.0347. The van der Waals surface area contributed by atoms with Gasteiger partial charge in [-0.2, -0.15) is 0 Å². The monoisotopic (exact) mass is 504 g/mol. The van der Waals surface area contributed by atoms with Crippen LogP contribution in [0.5, 0.6) is 40.2 Å². The molecular weight excluding hydrogens is 476 g/mol. The van der Waals surface area contributed by atoms with Crippen molar-refractivity contribution in [2.45, 2.75) is 37.8 Å². The minimum absolute atomic E-state index is 0.0347. The van der Waals surface area contributed by atoms with Crippen LogP contribution in [0.15, 0.2) is 66.7 Å². The lowest BCUT2D eigenvalue weighted by Crippen LogP contribution is -2.32. The van der Waals surface area contributed by atoms with E-state index in [1.54, 1.807) is 0 Å². The summed E-state index contributed by atoms with van der Waals surface area (Å²) >= 11 is 0. The molecule has 0 fully saturated rings. The van der Waals surface area contributed by atoms with Gasteiger partial charge in [-0.25, -0.2) is 0 Å². The molecule has 0 radical (unpaired) electrons. The molecule has 3 N–H and O–H groups in total. The first-order chi connectivity index (χ1) is 18.7. The number of aromatic hydroxyl groups is 1. The Labute approximate surface area is 221 Å². The van der Waals surface area contributed by atoms with E-state index in [2.05, 4.69) is 47.0 Å². The largest absolute Gasteiger partial charge is 0.504 e. The Morgan fingerprint density at radius 1 is 0.658 bits per heavy atom. The van der Waals surface area contributed by atoms with Gasteiger partial charge in [-0.05, 0) is 103 Å². The molecule has 38 heavy (non-hydrogen) atoms. The van der Waals surface area contributed by atoms with Crippen LogP contribution in [0.2, 0.25) is 0 Å². The van der Waals surface area contributed by atoms with E-state index in [1.165, 1.54) is 27.8 Å². The third-order valence-electron chi connectivity index (χ3n) is 8.28. The fourth-order valence-electron chi connectivity index (χ4n) is 6.37. The predicted molar refractivity (Wildman–Crippen MR) is 144 cm³/mol. The van der Waals surface area contributed by atoms with Gasteiger partial charge in [-0.3, -0.25) is 0 Å². The fourth-order valence-corrected chi connectivity index (χ4v) is 6.37. The Morgan fingerprint density at radius 2 is 1.47 bits per heavy atom. The highest BCUT2D eigenvalue weighted by molar-refractivity contribution is 5.63. The lowest BCUT2D eigenvalue weighted by atomic mass is 9.88. The van der Waals surface area contributed by atoms with Crippen molar-refractivity contribution in [2.75, 3.05) is 13.1 Å². The number of benzene rings is 4. The third kappa shape index (κ3) is 3.56. The summed E-state index contributed by atoms with van der Waals surface area (Å²) in [7, 11) is 0. The molecular formula is C32H28N2O4. The highest BCUT2D eigenvalue weighted by Crippen LogP contribution is 2.52. The second-order valence-corrected chi connectivity index (χ2v) is 10.6. The molecule has 2 atom stereocenters. The molecule has 6 nitrogen and oxygen atoms in total. The lowest BCUT2D eigenvalue weighted by Gasteiger charge is -2.33. The van der Waals surface area contributed by atoms with Crippen LogP contribution in [0, 0.1) is 0 Å². The highest BCUT2D eigenvalue weighted by atomic mass is 16.6. The number of phenols is 1. The van der Waals surface area contributed by atoms with Crippen molar-refractivity contribution in [3.05, 3.63) is 100 Å². The maximum absolute atomic E-state index is 11.1. The number of rotatable bonds is 0. The van der Waals surface area contributed by atoms with Crippen molar-refractivity contribution in [1.29, 1.82) is 0 Å². The number of para-hydroxylation sites is 1. The summed E-state index contributed by atoms with van der Waals surface area (Å²) in [6.45, 7) is 1.78. The summed E-state index contributed by atoms with van der Waals surface area (Å²) in [5.74, 6) is 4.45. The summed E-state index contributed by atoms with van der Waals surface area (Å²) in [5.41, 5.74) is 6.96. The molecule has 5 heterocycles. The van der Waals surface area contributed by atoms with Crippen LogP contribution in [-0.2, 0) is 25.7 Å². The number of hydrogen-bond acceptors (Lipinski definition) is 6. The molecule has 6 heteroatoms. The first kappa shape index (κ1) is 22.0. The van der Waals surface area contributed by atoms with E-state index >= 15 is 0 Å². The standard InChI is InChI=1S/C32H28N2O4/c35-31-21-2-1-3-26(31)36-22-7-4-18(5-8-22)14-25-30-19(10-12-34-25)6-9-27-32(30)38-29-17-23-20(16-28(29)37-27)11-13-33-24(23)15-21/h1-9,16-17,24-25,33-35H,10-15H2. The smallest absolute Gasteiger partial charge is 0.175 e. The average molecular weight is 505 g/mol. The molecule has 4 aromatic rings. The lowest BCUT2D eigenvalue weighted by molar-refractivity contribution is 0.344. The molecule has 7 bridgehead atoms. The quantitative estimate of drug-likeness (QED) is 0.231. The Kier molecular flexibility index (Phi) is 4.94. The van der Waals surface area contributed by atoms with Gasteiger partial charge in [0.1, 0.15) is 5.75 Å². The van der Waals surface area contributed by atoms with Gasteiger partial charge in [0.2, 0.25) is 0 Å². The summed E-state index contributed by atoms with van der Waals surface area (Å²) in [6, 6.07) is 22.5. The first-order valence-corrected chi connectivity index (χ1v) is 13.4. The van der Waals surface area contributed by atoms with Gasteiger partial charge in [0.15, 0.2) is 34.5 Å². The second kappa shape index (κ2) is 8.51. The summed E-state index contributed by atoms with van der Waals surface area (Å²) in [6.07, 6.45) is 3.32. The van der Waals surface area contributed by atoms with Crippen molar-refractivity contribution in [3.8, 4) is 40.2 Å². The van der Waals surface area contributed by atoms with Crippen LogP contribution in [0.25, 0.3) is 0 Å². The topological polar surface area (TPSA) is 72.0 Å². The van der Waals surface area contributed by atoms with Crippen molar-refractivity contribution in [3.63, 3.8) is 0 Å². The molecule has 0 saturated heterocycles. The summed E-state index contributed by atoms with van der Waals surface area (Å²) in [4.78, 5) is 0. The van der Waals surface area contributed by atoms with Crippen molar-refractivity contribution in [1.82, 2.24) is 10.6 Å². The van der Waals surface area contributed by atoms with E-state index in [0.717, 1.165) is 60.9 Å². The van der Waals surface area contributed by atoms with Crippen LogP contribution in [0.4, 0.5) is 0 Å². The molecule has 0 saturated carbocycles. The molecule has 5 aliphatic heterocycles. The van der Waals surface area contributed by atoms with Crippen molar-refractivity contribution >= 4 is 0 Å². The molecule has 0 spiro atoms. The zero-order valence-electron chi connectivity index (χ0n) is 20.9. The van der Waals surface area contributed by atoms with Crippen LogP contribution >= 0.6 is 0 Å². The molecule has 9 rings (SSSR count). The summed E-state index contributed by atoms with van der Waals surface area (Å²) in [5, 5.41) is 18.5. The zero-order valence-corrected chi connectivity index (χ0v) is 20.9. The first-order valence-electron chi connectivity index (χ1n) is 13.4. The number of phenolic OH excluding ortho intramolecular Hbond substituents is 1. The Morgan fingerprint density at radius 3 is 2.37 bits per heavy atom. The maximum atomic E-state index is 11.1. The number of ether oxygens (including phenoxy) is 3. The van der Waals surface area contributed by atoms with Crippen molar-refractivity contribution < 1.29 is 19.3 Å². The van der Waals surface area contributed by atoms with E-state index in [9.17, 15) is 5.11 Å². The SMILES string of the molecule is Oc1c2cccc1Oc1ccc(cc1)CC1NCCc3ccc4c(c31)Oc1cc3c(cc1O4)CCNC3C2. The average Bonchev–Trinajstić information content (AvgIpc) is 2.94. The van der Waals surface area contributed by atoms with Gasteiger partial charge in [0.05, 0.1) is 0 Å². The van der Waals surface area contributed by atoms with Gasteiger partial charge < -0.3 is 30.0 Å².